The van der Waals surface area contributed by atoms with E-state index in [-0.39, 0.29) is 11.8 Å². The first-order valence-corrected chi connectivity index (χ1v) is 9.17. The summed E-state index contributed by atoms with van der Waals surface area (Å²) in [7, 11) is 0. The fourth-order valence-electron chi connectivity index (χ4n) is 2.90. The van der Waals surface area contributed by atoms with Gasteiger partial charge in [0.15, 0.2) is 0 Å². The lowest BCUT2D eigenvalue weighted by Gasteiger charge is -2.18. The molecule has 3 rings (SSSR count). The Balaban J connectivity index is 1.80. The number of carbonyl (C=O) groups is 1. The second kappa shape index (κ2) is 8.18. The molecule has 0 aliphatic heterocycles. The van der Waals surface area contributed by atoms with Crippen molar-refractivity contribution in [1.29, 1.82) is 0 Å². The van der Waals surface area contributed by atoms with Crippen molar-refractivity contribution in [2.45, 2.75) is 33.2 Å². The summed E-state index contributed by atoms with van der Waals surface area (Å²) in [6.45, 7) is 6.08. The van der Waals surface area contributed by atoms with Gasteiger partial charge in [0.05, 0.1) is 12.2 Å². The fourth-order valence-corrected chi connectivity index (χ4v) is 2.90. The summed E-state index contributed by atoms with van der Waals surface area (Å²) in [6.07, 6.45) is 4.07. The number of carbonyl (C=O) groups excluding carboxylic acids is 1. The SMILES string of the molecule is CCC(C)C(N)C(=O)Nc1ccc(-c2cc(-c3ncco3)ccc2C)cc1. The van der Waals surface area contributed by atoms with Gasteiger partial charge in [0.25, 0.3) is 0 Å². The molecular weight excluding hydrogens is 338 g/mol. The Kier molecular flexibility index (Phi) is 5.72. The minimum atomic E-state index is -0.505. The Labute approximate surface area is 159 Å². The van der Waals surface area contributed by atoms with E-state index in [0.29, 0.717) is 5.89 Å². The fraction of sp³-hybridized carbons (Fsp3) is 0.273. The highest BCUT2D eigenvalue weighted by atomic mass is 16.3. The number of nitrogens with zero attached hydrogens (tertiary/aromatic N) is 1. The maximum Gasteiger partial charge on any atom is 0.241 e. The van der Waals surface area contributed by atoms with Crippen LogP contribution in [0.4, 0.5) is 5.69 Å². The monoisotopic (exact) mass is 363 g/mol. The van der Waals surface area contributed by atoms with Crippen molar-refractivity contribution < 1.29 is 9.21 Å². The van der Waals surface area contributed by atoms with Crippen molar-refractivity contribution in [3.63, 3.8) is 0 Å². The van der Waals surface area contributed by atoms with Crippen LogP contribution in [-0.4, -0.2) is 16.9 Å². The number of nitrogens with one attached hydrogen (secondary N) is 1. The quantitative estimate of drug-likeness (QED) is 0.669. The summed E-state index contributed by atoms with van der Waals surface area (Å²) in [5.41, 5.74) is 11.0. The molecular formula is C22H25N3O2. The highest BCUT2D eigenvalue weighted by molar-refractivity contribution is 5.95. The molecule has 27 heavy (non-hydrogen) atoms. The molecule has 5 nitrogen and oxygen atoms in total. The summed E-state index contributed by atoms with van der Waals surface area (Å²) in [4.78, 5) is 16.5. The normalized spacial score (nSPS) is 13.2. The zero-order valence-corrected chi connectivity index (χ0v) is 15.9. The molecule has 0 saturated heterocycles. The maximum absolute atomic E-state index is 12.2. The highest BCUT2D eigenvalue weighted by Gasteiger charge is 2.19. The Morgan fingerprint density at radius 2 is 1.89 bits per heavy atom. The Morgan fingerprint density at radius 1 is 1.19 bits per heavy atom. The molecule has 1 amide bonds. The number of rotatable bonds is 6. The second-order valence-corrected chi connectivity index (χ2v) is 6.84. The molecule has 2 atom stereocenters. The number of hydrogen-bond acceptors (Lipinski definition) is 4. The highest BCUT2D eigenvalue weighted by Crippen LogP contribution is 2.29. The van der Waals surface area contributed by atoms with Crippen LogP contribution < -0.4 is 11.1 Å². The second-order valence-electron chi connectivity index (χ2n) is 6.84. The zero-order chi connectivity index (χ0) is 19.4. The van der Waals surface area contributed by atoms with Gasteiger partial charge in [-0.25, -0.2) is 4.98 Å². The zero-order valence-electron chi connectivity index (χ0n) is 15.9. The Bertz CT molecular complexity index is 902. The number of hydrogen-bond donors (Lipinski definition) is 2. The summed E-state index contributed by atoms with van der Waals surface area (Å²) in [5, 5.41) is 2.90. The van der Waals surface area contributed by atoms with Crippen molar-refractivity contribution >= 4 is 11.6 Å². The van der Waals surface area contributed by atoms with Gasteiger partial charge < -0.3 is 15.5 Å². The average Bonchev–Trinajstić information content (AvgIpc) is 3.22. The van der Waals surface area contributed by atoms with Crippen molar-refractivity contribution in [2.24, 2.45) is 11.7 Å². The predicted octanol–water partition coefficient (Wildman–Crippen LogP) is 4.63. The van der Waals surface area contributed by atoms with Crippen molar-refractivity contribution in [3.05, 3.63) is 60.5 Å². The molecule has 0 spiro atoms. The first-order valence-electron chi connectivity index (χ1n) is 9.17. The van der Waals surface area contributed by atoms with Crippen LogP contribution in [0.1, 0.15) is 25.8 Å². The van der Waals surface area contributed by atoms with Crippen LogP contribution in [0.15, 0.2) is 59.3 Å². The van der Waals surface area contributed by atoms with Gasteiger partial charge in [0.1, 0.15) is 6.26 Å². The van der Waals surface area contributed by atoms with E-state index >= 15 is 0 Å². The molecule has 3 N–H and O–H groups in total. The van der Waals surface area contributed by atoms with Crippen molar-refractivity contribution in [3.8, 4) is 22.6 Å². The smallest absolute Gasteiger partial charge is 0.241 e. The van der Waals surface area contributed by atoms with Gasteiger partial charge >= 0.3 is 0 Å². The van der Waals surface area contributed by atoms with Gasteiger partial charge in [-0.2, -0.15) is 0 Å². The molecule has 0 radical (unpaired) electrons. The molecule has 0 aliphatic carbocycles. The molecule has 0 saturated carbocycles. The van der Waals surface area contributed by atoms with E-state index in [9.17, 15) is 4.79 Å². The van der Waals surface area contributed by atoms with Gasteiger partial charge in [-0.15, -0.1) is 0 Å². The number of aromatic nitrogens is 1. The molecule has 5 heteroatoms. The molecule has 0 bridgehead atoms. The lowest BCUT2D eigenvalue weighted by Crippen LogP contribution is -2.40. The Hall–Kier alpha value is -2.92. The summed E-state index contributed by atoms with van der Waals surface area (Å²) in [5.74, 6) is 0.586. The third-order valence-corrected chi connectivity index (χ3v) is 4.94. The van der Waals surface area contributed by atoms with Gasteiger partial charge in [-0.1, -0.05) is 38.5 Å². The first-order chi connectivity index (χ1) is 13.0. The van der Waals surface area contributed by atoms with Gasteiger partial charge in [0.2, 0.25) is 11.8 Å². The van der Waals surface area contributed by atoms with E-state index in [0.717, 1.165) is 34.4 Å². The molecule has 1 aromatic heterocycles. The minimum Gasteiger partial charge on any atom is -0.445 e. The van der Waals surface area contributed by atoms with E-state index in [4.69, 9.17) is 10.2 Å². The van der Waals surface area contributed by atoms with E-state index in [1.165, 1.54) is 0 Å². The largest absolute Gasteiger partial charge is 0.445 e. The van der Waals surface area contributed by atoms with Gasteiger partial charge in [-0.05, 0) is 53.8 Å². The predicted molar refractivity (Wildman–Crippen MR) is 108 cm³/mol. The third-order valence-electron chi connectivity index (χ3n) is 4.94. The van der Waals surface area contributed by atoms with Crippen LogP contribution in [0.2, 0.25) is 0 Å². The van der Waals surface area contributed by atoms with E-state index in [2.05, 4.69) is 29.4 Å². The molecule has 2 unspecified atom stereocenters. The molecule has 140 valence electrons. The van der Waals surface area contributed by atoms with Crippen LogP contribution >= 0.6 is 0 Å². The minimum absolute atomic E-state index is 0.143. The van der Waals surface area contributed by atoms with E-state index in [1.807, 2.05) is 44.2 Å². The topological polar surface area (TPSA) is 81.2 Å². The van der Waals surface area contributed by atoms with Crippen LogP contribution in [0, 0.1) is 12.8 Å². The summed E-state index contributed by atoms with van der Waals surface area (Å²) in [6, 6.07) is 13.4. The molecule has 3 aromatic rings. The molecule has 1 heterocycles. The van der Waals surface area contributed by atoms with Crippen molar-refractivity contribution in [2.75, 3.05) is 5.32 Å². The van der Waals surface area contributed by atoms with Crippen LogP contribution in [0.25, 0.3) is 22.6 Å². The van der Waals surface area contributed by atoms with Gasteiger partial charge in [0, 0.05) is 11.3 Å². The van der Waals surface area contributed by atoms with Crippen LogP contribution in [0.3, 0.4) is 0 Å². The maximum atomic E-state index is 12.2. The third kappa shape index (κ3) is 4.26. The number of aryl methyl sites for hydroxylation is 1. The number of benzene rings is 2. The van der Waals surface area contributed by atoms with Crippen LogP contribution in [-0.2, 0) is 4.79 Å². The number of oxazole rings is 1. The number of amides is 1. The van der Waals surface area contributed by atoms with E-state index in [1.54, 1.807) is 12.5 Å². The van der Waals surface area contributed by atoms with E-state index < -0.39 is 6.04 Å². The summed E-state index contributed by atoms with van der Waals surface area (Å²) < 4.78 is 5.39. The van der Waals surface area contributed by atoms with Crippen molar-refractivity contribution in [1.82, 2.24) is 4.98 Å². The number of anilines is 1. The Morgan fingerprint density at radius 3 is 2.52 bits per heavy atom. The lowest BCUT2D eigenvalue weighted by atomic mass is 9.97. The van der Waals surface area contributed by atoms with Crippen LogP contribution in [0.5, 0.6) is 0 Å². The standard InChI is InChI=1S/C22H25N3O2/c1-4-14(2)20(23)21(26)25-18-9-7-16(8-10-18)19-13-17(6-5-15(19)3)22-24-11-12-27-22/h5-14,20H,4,23H2,1-3H3,(H,25,26). The number of nitrogens with two attached hydrogens (primary N) is 1. The molecule has 0 aliphatic rings. The molecule has 0 fully saturated rings. The lowest BCUT2D eigenvalue weighted by molar-refractivity contribution is -0.118. The first kappa shape index (κ1) is 18.9. The van der Waals surface area contributed by atoms with Gasteiger partial charge in [-0.3, -0.25) is 4.79 Å². The molecule has 2 aromatic carbocycles. The average molecular weight is 363 g/mol. The summed E-state index contributed by atoms with van der Waals surface area (Å²) >= 11 is 0.